The molecule has 3 aromatic rings. The molecule has 29 heavy (non-hydrogen) atoms. The molecular formula is C23H27N5O. The monoisotopic (exact) mass is 389 g/mol. The number of rotatable bonds is 5. The number of piperazine rings is 1. The summed E-state index contributed by atoms with van der Waals surface area (Å²) in [6.45, 7) is 7.80. The minimum atomic E-state index is 0.752. The van der Waals surface area contributed by atoms with Crippen LogP contribution in [0.2, 0.25) is 0 Å². The zero-order valence-electron chi connectivity index (χ0n) is 17.2. The molecule has 0 atom stereocenters. The van der Waals surface area contributed by atoms with E-state index in [0.29, 0.717) is 0 Å². The lowest BCUT2D eigenvalue weighted by atomic mass is 10.2. The zero-order valence-corrected chi connectivity index (χ0v) is 17.2. The maximum atomic E-state index is 5.48. The van der Waals surface area contributed by atoms with Gasteiger partial charge in [0, 0.05) is 37.9 Å². The van der Waals surface area contributed by atoms with Crippen molar-refractivity contribution in [1.82, 2.24) is 9.97 Å². The lowest BCUT2D eigenvalue weighted by Gasteiger charge is -2.36. The molecule has 2 heterocycles. The maximum absolute atomic E-state index is 5.48. The highest BCUT2D eigenvalue weighted by Crippen LogP contribution is 2.29. The van der Waals surface area contributed by atoms with Crippen LogP contribution in [0.5, 0.6) is 5.75 Å². The lowest BCUT2D eigenvalue weighted by Crippen LogP contribution is -2.46. The SMILES string of the molecule is COc1ccc(C)cc1Nc1cc(N2CCN(c3ccccc3)CC2)nc(C)n1. The van der Waals surface area contributed by atoms with E-state index in [1.807, 2.05) is 25.1 Å². The normalized spacial score (nSPS) is 14.0. The first-order valence-corrected chi connectivity index (χ1v) is 9.94. The Morgan fingerprint density at radius 3 is 2.31 bits per heavy atom. The molecule has 1 fully saturated rings. The third kappa shape index (κ3) is 4.42. The number of aryl methyl sites for hydroxylation is 2. The number of hydrogen-bond donors (Lipinski definition) is 1. The Morgan fingerprint density at radius 1 is 0.862 bits per heavy atom. The van der Waals surface area contributed by atoms with Gasteiger partial charge in [-0.2, -0.15) is 0 Å². The fraction of sp³-hybridized carbons (Fsp3) is 0.304. The van der Waals surface area contributed by atoms with Crippen molar-refractivity contribution >= 4 is 23.0 Å². The summed E-state index contributed by atoms with van der Waals surface area (Å²) in [4.78, 5) is 14.0. The summed E-state index contributed by atoms with van der Waals surface area (Å²) in [5.41, 5.74) is 3.35. The lowest BCUT2D eigenvalue weighted by molar-refractivity contribution is 0.416. The minimum Gasteiger partial charge on any atom is -0.495 e. The van der Waals surface area contributed by atoms with E-state index < -0.39 is 0 Å². The molecule has 0 unspecified atom stereocenters. The number of nitrogens with zero attached hydrogens (tertiary/aromatic N) is 4. The number of nitrogens with one attached hydrogen (secondary N) is 1. The minimum absolute atomic E-state index is 0.752. The fourth-order valence-corrected chi connectivity index (χ4v) is 3.67. The molecule has 0 radical (unpaired) electrons. The number of aromatic nitrogens is 2. The van der Waals surface area contributed by atoms with Gasteiger partial charge in [-0.05, 0) is 43.7 Å². The number of anilines is 4. The van der Waals surface area contributed by atoms with Crippen LogP contribution in [0.1, 0.15) is 11.4 Å². The first kappa shape index (κ1) is 19.1. The van der Waals surface area contributed by atoms with Gasteiger partial charge in [-0.3, -0.25) is 0 Å². The van der Waals surface area contributed by atoms with Gasteiger partial charge in [0.05, 0.1) is 12.8 Å². The van der Waals surface area contributed by atoms with Crippen molar-refractivity contribution < 1.29 is 4.74 Å². The molecule has 0 bridgehead atoms. The Hall–Kier alpha value is -3.28. The Morgan fingerprint density at radius 2 is 1.59 bits per heavy atom. The highest BCUT2D eigenvalue weighted by atomic mass is 16.5. The van der Waals surface area contributed by atoms with E-state index in [1.165, 1.54) is 5.69 Å². The van der Waals surface area contributed by atoms with Gasteiger partial charge >= 0.3 is 0 Å². The summed E-state index contributed by atoms with van der Waals surface area (Å²) in [6, 6.07) is 18.7. The molecule has 4 rings (SSSR count). The van der Waals surface area contributed by atoms with Crippen LogP contribution >= 0.6 is 0 Å². The standard InChI is InChI=1S/C23H27N5O/c1-17-9-10-21(29-3)20(15-17)26-22-16-23(25-18(2)24-22)28-13-11-27(12-14-28)19-7-5-4-6-8-19/h4-10,15-16H,11-14H2,1-3H3,(H,24,25,26). The highest BCUT2D eigenvalue weighted by Gasteiger charge is 2.19. The quantitative estimate of drug-likeness (QED) is 0.707. The van der Waals surface area contributed by atoms with E-state index in [1.54, 1.807) is 7.11 Å². The second-order valence-corrected chi connectivity index (χ2v) is 7.30. The van der Waals surface area contributed by atoms with Gasteiger partial charge in [0.15, 0.2) is 0 Å². The molecule has 1 N–H and O–H groups in total. The Labute approximate surface area is 172 Å². The van der Waals surface area contributed by atoms with E-state index >= 15 is 0 Å². The molecular weight excluding hydrogens is 362 g/mol. The molecule has 0 aliphatic carbocycles. The van der Waals surface area contributed by atoms with Crippen molar-refractivity contribution in [3.05, 3.63) is 66.0 Å². The van der Waals surface area contributed by atoms with E-state index in [4.69, 9.17) is 4.74 Å². The molecule has 2 aromatic carbocycles. The van der Waals surface area contributed by atoms with Crippen LogP contribution < -0.4 is 19.9 Å². The van der Waals surface area contributed by atoms with Crippen LogP contribution in [0.25, 0.3) is 0 Å². The Kier molecular flexibility index (Phi) is 5.51. The predicted octanol–water partition coefficient (Wildman–Crippen LogP) is 4.17. The topological polar surface area (TPSA) is 53.5 Å². The highest BCUT2D eigenvalue weighted by molar-refractivity contribution is 5.67. The average molecular weight is 390 g/mol. The molecule has 150 valence electrons. The summed E-state index contributed by atoms with van der Waals surface area (Å²) in [6.07, 6.45) is 0. The van der Waals surface area contributed by atoms with Crippen LogP contribution in [-0.4, -0.2) is 43.3 Å². The van der Waals surface area contributed by atoms with Gasteiger partial charge in [0.25, 0.3) is 0 Å². The molecule has 0 saturated carbocycles. The van der Waals surface area contributed by atoms with E-state index in [-0.39, 0.29) is 0 Å². The van der Waals surface area contributed by atoms with Gasteiger partial charge in [-0.15, -0.1) is 0 Å². The molecule has 1 aliphatic heterocycles. The van der Waals surface area contributed by atoms with Crippen LogP contribution in [0.3, 0.4) is 0 Å². The van der Waals surface area contributed by atoms with E-state index in [9.17, 15) is 0 Å². The summed E-state index contributed by atoms with van der Waals surface area (Å²) in [5.74, 6) is 3.29. The third-order valence-corrected chi connectivity index (χ3v) is 5.17. The van der Waals surface area contributed by atoms with Crippen LogP contribution in [0.15, 0.2) is 54.6 Å². The fourth-order valence-electron chi connectivity index (χ4n) is 3.67. The second kappa shape index (κ2) is 8.39. The van der Waals surface area contributed by atoms with Crippen molar-refractivity contribution in [2.45, 2.75) is 13.8 Å². The molecule has 1 saturated heterocycles. The van der Waals surface area contributed by atoms with Gasteiger partial charge in [-0.1, -0.05) is 24.3 Å². The van der Waals surface area contributed by atoms with Crippen molar-refractivity contribution in [2.24, 2.45) is 0 Å². The number of methoxy groups -OCH3 is 1. The van der Waals surface area contributed by atoms with Crippen molar-refractivity contribution in [3.63, 3.8) is 0 Å². The third-order valence-electron chi connectivity index (χ3n) is 5.17. The van der Waals surface area contributed by atoms with Crippen LogP contribution in [0.4, 0.5) is 23.0 Å². The summed E-state index contributed by atoms with van der Waals surface area (Å²) in [5, 5.41) is 3.41. The first-order chi connectivity index (χ1) is 14.1. The molecule has 1 aromatic heterocycles. The maximum Gasteiger partial charge on any atom is 0.142 e. The number of para-hydroxylation sites is 1. The molecule has 1 aliphatic rings. The second-order valence-electron chi connectivity index (χ2n) is 7.30. The van der Waals surface area contributed by atoms with Gasteiger partial charge in [0.2, 0.25) is 0 Å². The number of hydrogen-bond acceptors (Lipinski definition) is 6. The van der Waals surface area contributed by atoms with Crippen molar-refractivity contribution in [3.8, 4) is 5.75 Å². The molecule has 0 amide bonds. The van der Waals surface area contributed by atoms with Crippen LogP contribution in [-0.2, 0) is 0 Å². The summed E-state index contributed by atoms with van der Waals surface area (Å²) < 4.78 is 5.48. The largest absolute Gasteiger partial charge is 0.495 e. The van der Waals surface area contributed by atoms with Crippen molar-refractivity contribution in [2.75, 3.05) is 48.4 Å². The summed E-state index contributed by atoms with van der Waals surface area (Å²) in [7, 11) is 1.68. The van der Waals surface area contributed by atoms with Crippen LogP contribution in [0, 0.1) is 13.8 Å². The Balaban J connectivity index is 1.50. The predicted molar refractivity (Wildman–Crippen MR) is 119 cm³/mol. The molecule has 6 heteroatoms. The molecule has 0 spiro atoms. The number of benzene rings is 2. The van der Waals surface area contributed by atoms with E-state index in [0.717, 1.165) is 60.6 Å². The Bertz CT molecular complexity index is 968. The van der Waals surface area contributed by atoms with Gasteiger partial charge < -0.3 is 19.9 Å². The summed E-state index contributed by atoms with van der Waals surface area (Å²) >= 11 is 0. The average Bonchev–Trinajstić information content (AvgIpc) is 2.74. The number of ether oxygens (including phenoxy) is 1. The van der Waals surface area contributed by atoms with E-state index in [2.05, 4.69) is 68.4 Å². The van der Waals surface area contributed by atoms with Gasteiger partial charge in [0.1, 0.15) is 23.2 Å². The van der Waals surface area contributed by atoms with Crippen molar-refractivity contribution in [1.29, 1.82) is 0 Å². The van der Waals surface area contributed by atoms with Gasteiger partial charge in [-0.25, -0.2) is 9.97 Å². The zero-order chi connectivity index (χ0) is 20.2. The first-order valence-electron chi connectivity index (χ1n) is 9.94. The smallest absolute Gasteiger partial charge is 0.142 e. The molecule has 6 nitrogen and oxygen atoms in total.